The van der Waals surface area contributed by atoms with Crippen LogP contribution in [0.3, 0.4) is 0 Å². The number of carbonyl (C=O) groups is 2. The SMILES string of the molecule is CCNC(=O)[C@H](Cc1ccccc1)N(Cc1ccc(C)cc1)C(=O)CSCc1ccccc1F. The number of benzene rings is 3. The van der Waals surface area contributed by atoms with Gasteiger partial charge in [0, 0.05) is 25.3 Å². The van der Waals surface area contributed by atoms with Crippen molar-refractivity contribution in [1.82, 2.24) is 10.2 Å². The summed E-state index contributed by atoms with van der Waals surface area (Å²) >= 11 is 1.36. The summed E-state index contributed by atoms with van der Waals surface area (Å²) in [6, 6.07) is 23.6. The second-order valence-electron chi connectivity index (χ2n) is 8.19. The van der Waals surface area contributed by atoms with Gasteiger partial charge in [-0.05, 0) is 36.6 Å². The van der Waals surface area contributed by atoms with Crippen molar-refractivity contribution in [2.75, 3.05) is 12.3 Å². The smallest absolute Gasteiger partial charge is 0.243 e. The van der Waals surface area contributed by atoms with E-state index >= 15 is 0 Å². The Morgan fingerprint density at radius 1 is 0.941 bits per heavy atom. The van der Waals surface area contributed by atoms with E-state index in [-0.39, 0.29) is 23.4 Å². The number of nitrogens with one attached hydrogen (secondary N) is 1. The fraction of sp³-hybridized carbons (Fsp3) is 0.286. The summed E-state index contributed by atoms with van der Waals surface area (Å²) in [4.78, 5) is 28.2. The predicted octanol–water partition coefficient (Wildman–Crippen LogP) is 5.14. The van der Waals surface area contributed by atoms with E-state index in [0.29, 0.717) is 30.8 Å². The van der Waals surface area contributed by atoms with Gasteiger partial charge in [-0.3, -0.25) is 9.59 Å². The van der Waals surface area contributed by atoms with E-state index < -0.39 is 6.04 Å². The lowest BCUT2D eigenvalue weighted by molar-refractivity contribution is -0.139. The molecule has 0 spiro atoms. The maximum atomic E-state index is 14.0. The van der Waals surface area contributed by atoms with Crippen molar-refractivity contribution >= 4 is 23.6 Å². The fourth-order valence-electron chi connectivity index (χ4n) is 3.68. The van der Waals surface area contributed by atoms with Crippen molar-refractivity contribution < 1.29 is 14.0 Å². The number of nitrogens with zero attached hydrogens (tertiary/aromatic N) is 1. The number of rotatable bonds is 11. The third-order valence-electron chi connectivity index (χ3n) is 5.54. The third kappa shape index (κ3) is 7.45. The zero-order valence-electron chi connectivity index (χ0n) is 19.7. The number of halogens is 1. The molecular weight excluding hydrogens is 447 g/mol. The summed E-state index contributed by atoms with van der Waals surface area (Å²) in [5, 5.41) is 2.90. The molecule has 0 aliphatic rings. The fourth-order valence-corrected chi connectivity index (χ4v) is 4.58. The van der Waals surface area contributed by atoms with Gasteiger partial charge in [-0.15, -0.1) is 11.8 Å². The highest BCUT2D eigenvalue weighted by atomic mass is 32.2. The molecule has 178 valence electrons. The minimum absolute atomic E-state index is 0.144. The van der Waals surface area contributed by atoms with Crippen LogP contribution in [0.5, 0.6) is 0 Å². The van der Waals surface area contributed by atoms with Crippen molar-refractivity contribution in [2.45, 2.75) is 38.6 Å². The van der Waals surface area contributed by atoms with Gasteiger partial charge in [-0.2, -0.15) is 0 Å². The van der Waals surface area contributed by atoms with Gasteiger partial charge in [-0.25, -0.2) is 4.39 Å². The van der Waals surface area contributed by atoms with Crippen LogP contribution >= 0.6 is 11.8 Å². The molecule has 0 unspecified atom stereocenters. The molecule has 3 aromatic carbocycles. The Morgan fingerprint density at radius 2 is 1.62 bits per heavy atom. The first kappa shape index (κ1) is 25.5. The topological polar surface area (TPSA) is 49.4 Å². The van der Waals surface area contributed by atoms with E-state index in [4.69, 9.17) is 0 Å². The van der Waals surface area contributed by atoms with Crippen LogP contribution in [-0.2, 0) is 28.3 Å². The summed E-state index contributed by atoms with van der Waals surface area (Å²) in [5.41, 5.74) is 3.64. The van der Waals surface area contributed by atoms with Crippen molar-refractivity contribution in [1.29, 1.82) is 0 Å². The first-order valence-corrected chi connectivity index (χ1v) is 12.6. The quantitative estimate of drug-likeness (QED) is 0.415. The summed E-state index contributed by atoms with van der Waals surface area (Å²) < 4.78 is 14.0. The average Bonchev–Trinajstić information content (AvgIpc) is 2.84. The molecule has 2 amide bonds. The van der Waals surface area contributed by atoms with Gasteiger partial charge in [0.15, 0.2) is 0 Å². The Balaban J connectivity index is 1.82. The molecule has 0 bridgehead atoms. The Bertz CT molecular complexity index is 1070. The molecule has 3 rings (SSSR count). The zero-order valence-corrected chi connectivity index (χ0v) is 20.5. The number of likely N-dealkylation sites (N-methyl/N-ethyl adjacent to an activating group) is 1. The summed E-state index contributed by atoms with van der Waals surface area (Å²) in [5.74, 6) is -0.0464. The number of aryl methyl sites for hydroxylation is 1. The van der Waals surface area contributed by atoms with Gasteiger partial charge in [-0.1, -0.05) is 78.4 Å². The summed E-state index contributed by atoms with van der Waals surface area (Å²) in [7, 11) is 0. The first-order valence-electron chi connectivity index (χ1n) is 11.5. The predicted molar refractivity (Wildman–Crippen MR) is 137 cm³/mol. The second kappa shape index (κ2) is 12.9. The summed E-state index contributed by atoms with van der Waals surface area (Å²) in [6.45, 7) is 4.69. The molecule has 0 saturated carbocycles. The van der Waals surface area contributed by atoms with E-state index in [1.165, 1.54) is 17.8 Å². The highest BCUT2D eigenvalue weighted by Gasteiger charge is 2.30. The lowest BCUT2D eigenvalue weighted by atomic mass is 10.0. The van der Waals surface area contributed by atoms with Crippen molar-refractivity contribution in [3.63, 3.8) is 0 Å². The Hall–Kier alpha value is -3.12. The standard InChI is InChI=1S/C28H31FN2O2S/c1-3-30-28(33)26(17-22-9-5-4-6-10-22)31(18-23-15-13-21(2)14-16-23)27(32)20-34-19-24-11-7-8-12-25(24)29/h4-16,26H,3,17-20H2,1-2H3,(H,30,33)/t26-/m0/s1. The molecule has 0 aliphatic heterocycles. The normalized spacial score (nSPS) is 11.6. The second-order valence-corrected chi connectivity index (χ2v) is 9.18. The lowest BCUT2D eigenvalue weighted by Gasteiger charge is -2.31. The summed E-state index contributed by atoms with van der Waals surface area (Å²) in [6.07, 6.45) is 0.419. The highest BCUT2D eigenvalue weighted by molar-refractivity contribution is 7.99. The first-order chi connectivity index (χ1) is 16.5. The van der Waals surface area contributed by atoms with Gasteiger partial charge in [0.05, 0.1) is 5.75 Å². The molecule has 6 heteroatoms. The Labute approximate surface area is 205 Å². The zero-order chi connectivity index (χ0) is 24.3. The number of amides is 2. The van der Waals surface area contributed by atoms with E-state index in [1.807, 2.05) is 68.4 Å². The lowest BCUT2D eigenvalue weighted by Crippen LogP contribution is -2.51. The molecule has 34 heavy (non-hydrogen) atoms. The monoisotopic (exact) mass is 478 g/mol. The van der Waals surface area contributed by atoms with Crippen LogP contribution in [0, 0.1) is 12.7 Å². The molecule has 1 atom stereocenters. The number of hydrogen-bond acceptors (Lipinski definition) is 3. The average molecular weight is 479 g/mol. The molecule has 0 saturated heterocycles. The molecule has 4 nitrogen and oxygen atoms in total. The van der Waals surface area contributed by atoms with Crippen LogP contribution in [0.2, 0.25) is 0 Å². The molecule has 1 N–H and O–H groups in total. The van der Waals surface area contributed by atoms with E-state index in [2.05, 4.69) is 5.32 Å². The molecular formula is C28H31FN2O2S. The minimum atomic E-state index is -0.648. The number of thioether (sulfide) groups is 1. The minimum Gasteiger partial charge on any atom is -0.355 e. The van der Waals surface area contributed by atoms with Gasteiger partial charge in [0.25, 0.3) is 0 Å². The van der Waals surface area contributed by atoms with Crippen LogP contribution in [0.4, 0.5) is 4.39 Å². The maximum absolute atomic E-state index is 14.0. The third-order valence-corrected chi connectivity index (χ3v) is 6.50. The van der Waals surface area contributed by atoms with E-state index in [0.717, 1.165) is 16.7 Å². The molecule has 0 radical (unpaired) electrons. The van der Waals surface area contributed by atoms with Crippen molar-refractivity contribution in [3.05, 3.63) is 107 Å². The highest BCUT2D eigenvalue weighted by Crippen LogP contribution is 2.20. The molecule has 3 aromatic rings. The van der Waals surface area contributed by atoms with Crippen molar-refractivity contribution in [3.8, 4) is 0 Å². The van der Waals surface area contributed by atoms with Crippen LogP contribution in [0.25, 0.3) is 0 Å². The Kier molecular flexibility index (Phi) is 9.71. The van der Waals surface area contributed by atoms with Crippen LogP contribution in [0.15, 0.2) is 78.9 Å². The van der Waals surface area contributed by atoms with E-state index in [9.17, 15) is 14.0 Å². The van der Waals surface area contributed by atoms with Gasteiger partial charge >= 0.3 is 0 Å². The van der Waals surface area contributed by atoms with Crippen LogP contribution < -0.4 is 5.32 Å². The van der Waals surface area contributed by atoms with Gasteiger partial charge < -0.3 is 10.2 Å². The van der Waals surface area contributed by atoms with E-state index in [1.54, 1.807) is 23.1 Å². The molecule has 0 aromatic heterocycles. The van der Waals surface area contributed by atoms with Gasteiger partial charge in [0.2, 0.25) is 11.8 Å². The number of hydrogen-bond donors (Lipinski definition) is 1. The van der Waals surface area contributed by atoms with Crippen LogP contribution in [-0.4, -0.2) is 35.1 Å². The Morgan fingerprint density at radius 3 is 2.29 bits per heavy atom. The van der Waals surface area contributed by atoms with Crippen LogP contribution in [0.1, 0.15) is 29.2 Å². The van der Waals surface area contributed by atoms with Gasteiger partial charge in [0.1, 0.15) is 11.9 Å². The molecule has 0 heterocycles. The largest absolute Gasteiger partial charge is 0.355 e. The van der Waals surface area contributed by atoms with Crippen molar-refractivity contribution in [2.24, 2.45) is 0 Å². The molecule has 0 fully saturated rings. The molecule has 0 aliphatic carbocycles. The maximum Gasteiger partial charge on any atom is 0.243 e. The number of carbonyl (C=O) groups excluding carboxylic acids is 2.